The Hall–Kier alpha value is -0.910. The van der Waals surface area contributed by atoms with Crippen LogP contribution in [0.3, 0.4) is 0 Å². The van der Waals surface area contributed by atoms with Gasteiger partial charge in [-0.25, -0.2) is 4.98 Å². The molecule has 3 nitrogen and oxygen atoms in total. The maximum atomic E-state index is 12.1. The number of rotatable bonds is 3. The summed E-state index contributed by atoms with van der Waals surface area (Å²) in [6.45, 7) is 1.91. The second-order valence-corrected chi connectivity index (χ2v) is 6.33. The summed E-state index contributed by atoms with van der Waals surface area (Å²) < 4.78 is 12.1. The zero-order valence-electron chi connectivity index (χ0n) is 9.14. The highest BCUT2D eigenvalue weighted by molar-refractivity contribution is 7.84. The molecule has 0 fully saturated rings. The van der Waals surface area contributed by atoms with E-state index in [-0.39, 0.29) is 0 Å². The first kappa shape index (κ1) is 12.5. The molecule has 1 atom stereocenters. The lowest BCUT2D eigenvalue weighted by Crippen LogP contribution is -1.98. The van der Waals surface area contributed by atoms with Gasteiger partial charge in [0.25, 0.3) is 0 Å². The molecular weight excluding hydrogens is 276 g/mol. The van der Waals surface area contributed by atoms with E-state index in [1.807, 2.05) is 12.3 Å². The lowest BCUT2D eigenvalue weighted by Gasteiger charge is -2.04. The highest BCUT2D eigenvalue weighted by Crippen LogP contribution is 2.24. The summed E-state index contributed by atoms with van der Waals surface area (Å²) in [7, 11) is -1.21. The minimum atomic E-state index is -1.21. The van der Waals surface area contributed by atoms with Gasteiger partial charge in [-0.05, 0) is 25.1 Å². The number of hydrogen-bond donors (Lipinski definition) is 1. The molecule has 0 saturated carbocycles. The molecule has 1 aromatic heterocycles. The minimum Gasteiger partial charge on any atom is -0.399 e. The molecule has 0 bridgehead atoms. The third-order valence-corrected chi connectivity index (χ3v) is 5.08. The number of nitrogens with two attached hydrogens (primary N) is 1. The van der Waals surface area contributed by atoms with Crippen LogP contribution in [0, 0.1) is 6.92 Å². The van der Waals surface area contributed by atoms with Crippen molar-refractivity contribution in [1.82, 2.24) is 4.98 Å². The zero-order valence-corrected chi connectivity index (χ0v) is 11.5. The van der Waals surface area contributed by atoms with Crippen LogP contribution in [-0.2, 0) is 16.6 Å². The lowest BCUT2D eigenvalue weighted by molar-refractivity contribution is 0.682. The van der Waals surface area contributed by atoms with E-state index in [1.54, 1.807) is 18.2 Å². The van der Waals surface area contributed by atoms with Crippen LogP contribution in [-0.4, -0.2) is 9.19 Å². The van der Waals surface area contributed by atoms with Crippen LogP contribution in [0.5, 0.6) is 0 Å². The van der Waals surface area contributed by atoms with E-state index < -0.39 is 10.8 Å². The number of benzene rings is 1. The summed E-state index contributed by atoms with van der Waals surface area (Å²) in [5, 5.41) is 3.26. The minimum absolute atomic E-state index is 0.377. The predicted octanol–water partition coefficient (Wildman–Crippen LogP) is 2.99. The van der Waals surface area contributed by atoms with E-state index in [4.69, 9.17) is 17.3 Å². The van der Waals surface area contributed by atoms with Gasteiger partial charge >= 0.3 is 0 Å². The molecule has 2 N–H and O–H groups in total. The zero-order chi connectivity index (χ0) is 12.4. The van der Waals surface area contributed by atoms with Crippen LogP contribution in [0.15, 0.2) is 28.5 Å². The van der Waals surface area contributed by atoms with Gasteiger partial charge in [-0.3, -0.25) is 4.21 Å². The third kappa shape index (κ3) is 3.06. The first-order chi connectivity index (χ1) is 8.06. The number of halogens is 1. The van der Waals surface area contributed by atoms with E-state index in [0.717, 1.165) is 10.7 Å². The molecule has 90 valence electrons. The molecule has 0 amide bonds. The van der Waals surface area contributed by atoms with Crippen LogP contribution in [0.25, 0.3) is 0 Å². The Balaban J connectivity index is 2.22. The number of nitrogen functional groups attached to an aromatic ring is 1. The number of nitrogens with zero attached hydrogens (tertiary/aromatic N) is 1. The number of thiazole rings is 1. The summed E-state index contributed by atoms with van der Waals surface area (Å²) >= 11 is 7.50. The molecule has 0 aliphatic carbocycles. The molecule has 1 unspecified atom stereocenters. The summed E-state index contributed by atoms with van der Waals surface area (Å²) in [4.78, 5) is 4.85. The molecular formula is C11H11ClN2OS2. The fraction of sp³-hybridized carbons (Fsp3) is 0.182. The molecule has 6 heteroatoms. The van der Waals surface area contributed by atoms with Gasteiger partial charge in [-0.15, -0.1) is 11.3 Å². The predicted molar refractivity (Wildman–Crippen MR) is 72.8 cm³/mol. The SMILES string of the molecule is Cc1csc(CS(=O)c2cc(N)ccc2Cl)n1. The van der Waals surface area contributed by atoms with Gasteiger partial charge in [0, 0.05) is 16.8 Å². The molecule has 0 aliphatic heterocycles. The van der Waals surface area contributed by atoms with Crippen LogP contribution >= 0.6 is 22.9 Å². The van der Waals surface area contributed by atoms with E-state index in [9.17, 15) is 4.21 Å². The Morgan fingerprint density at radius 1 is 1.53 bits per heavy atom. The van der Waals surface area contributed by atoms with Gasteiger partial charge in [0.15, 0.2) is 0 Å². The largest absolute Gasteiger partial charge is 0.399 e. The van der Waals surface area contributed by atoms with Crippen molar-refractivity contribution in [2.45, 2.75) is 17.6 Å². The molecule has 1 heterocycles. The van der Waals surface area contributed by atoms with E-state index in [2.05, 4.69) is 4.98 Å². The summed E-state index contributed by atoms with van der Waals surface area (Å²) in [6.07, 6.45) is 0. The second kappa shape index (κ2) is 5.16. The monoisotopic (exact) mass is 286 g/mol. The highest BCUT2D eigenvalue weighted by Gasteiger charge is 2.11. The summed E-state index contributed by atoms with van der Waals surface area (Å²) in [5.41, 5.74) is 7.16. The van der Waals surface area contributed by atoms with E-state index in [1.165, 1.54) is 11.3 Å². The fourth-order valence-corrected chi connectivity index (χ4v) is 3.88. The molecule has 0 radical (unpaired) electrons. The van der Waals surface area contributed by atoms with Gasteiger partial charge in [-0.1, -0.05) is 11.6 Å². The van der Waals surface area contributed by atoms with Gasteiger partial charge in [0.05, 0.1) is 26.5 Å². The van der Waals surface area contributed by atoms with Crippen LogP contribution < -0.4 is 5.73 Å². The first-order valence-electron chi connectivity index (χ1n) is 4.90. The molecule has 0 saturated heterocycles. The lowest BCUT2D eigenvalue weighted by atomic mass is 10.3. The van der Waals surface area contributed by atoms with Gasteiger partial charge in [-0.2, -0.15) is 0 Å². The normalized spacial score (nSPS) is 12.6. The van der Waals surface area contributed by atoms with Crippen molar-refractivity contribution in [3.05, 3.63) is 39.3 Å². The van der Waals surface area contributed by atoms with Crippen molar-refractivity contribution in [2.24, 2.45) is 0 Å². The van der Waals surface area contributed by atoms with E-state index >= 15 is 0 Å². The molecule has 2 aromatic rings. The number of anilines is 1. The van der Waals surface area contributed by atoms with Gasteiger partial charge in [0.2, 0.25) is 0 Å². The second-order valence-electron chi connectivity index (χ2n) is 3.56. The Morgan fingerprint density at radius 3 is 2.94 bits per heavy atom. The fourth-order valence-electron chi connectivity index (χ4n) is 1.35. The first-order valence-corrected chi connectivity index (χ1v) is 7.48. The average molecular weight is 287 g/mol. The molecule has 1 aromatic carbocycles. The van der Waals surface area contributed by atoms with Crippen molar-refractivity contribution in [2.75, 3.05) is 5.73 Å². The van der Waals surface area contributed by atoms with Crippen LogP contribution in [0.2, 0.25) is 5.02 Å². The Morgan fingerprint density at radius 2 is 2.29 bits per heavy atom. The number of aromatic nitrogens is 1. The van der Waals surface area contributed by atoms with Crippen molar-refractivity contribution < 1.29 is 4.21 Å². The third-order valence-electron chi connectivity index (χ3n) is 2.12. The summed E-state index contributed by atoms with van der Waals surface area (Å²) in [5.74, 6) is 0.377. The molecule has 2 rings (SSSR count). The standard InChI is InChI=1S/C11H11ClN2OS2/c1-7-5-16-11(14-7)6-17(15)10-4-8(13)2-3-9(10)12/h2-5H,6,13H2,1H3. The van der Waals surface area contributed by atoms with Gasteiger partial charge < -0.3 is 5.73 Å². The number of aryl methyl sites for hydroxylation is 1. The van der Waals surface area contributed by atoms with Gasteiger partial charge in [0.1, 0.15) is 5.01 Å². The van der Waals surface area contributed by atoms with Crippen molar-refractivity contribution in [3.8, 4) is 0 Å². The summed E-state index contributed by atoms with van der Waals surface area (Å²) in [6, 6.07) is 5.01. The average Bonchev–Trinajstić information content (AvgIpc) is 2.67. The maximum Gasteiger partial charge on any atom is 0.106 e. The van der Waals surface area contributed by atoms with Crippen LogP contribution in [0.1, 0.15) is 10.7 Å². The Bertz CT molecular complexity index is 568. The van der Waals surface area contributed by atoms with Crippen molar-refractivity contribution in [1.29, 1.82) is 0 Å². The maximum absolute atomic E-state index is 12.1. The molecule has 17 heavy (non-hydrogen) atoms. The Kier molecular flexibility index (Phi) is 3.81. The Labute approximate surface area is 111 Å². The highest BCUT2D eigenvalue weighted by atomic mass is 35.5. The van der Waals surface area contributed by atoms with Crippen LogP contribution in [0.4, 0.5) is 5.69 Å². The smallest absolute Gasteiger partial charge is 0.106 e. The van der Waals surface area contributed by atoms with E-state index in [0.29, 0.717) is 21.4 Å². The quantitative estimate of drug-likeness (QED) is 0.883. The molecule has 0 spiro atoms. The van der Waals surface area contributed by atoms with Crippen molar-refractivity contribution >= 4 is 39.4 Å². The topological polar surface area (TPSA) is 56.0 Å². The molecule has 0 aliphatic rings. The number of hydrogen-bond acceptors (Lipinski definition) is 4. The van der Waals surface area contributed by atoms with Crippen molar-refractivity contribution in [3.63, 3.8) is 0 Å².